The van der Waals surface area contributed by atoms with E-state index >= 15 is 0 Å². The van der Waals surface area contributed by atoms with Gasteiger partial charge in [-0.1, -0.05) is 97.1 Å². The van der Waals surface area contributed by atoms with Crippen molar-refractivity contribution < 1.29 is 14.4 Å². The second kappa shape index (κ2) is 12.8. The highest BCUT2D eigenvalue weighted by molar-refractivity contribution is 5.99. The molecule has 6 rings (SSSR count). The quantitative estimate of drug-likeness (QED) is 0.207. The molecule has 2 aliphatic rings. The van der Waals surface area contributed by atoms with Gasteiger partial charge in [-0.25, -0.2) is 0 Å². The average molecular weight is 587 g/mol. The Bertz CT molecular complexity index is 1510. The number of amides is 3. The van der Waals surface area contributed by atoms with Crippen LogP contribution >= 0.6 is 0 Å². The zero-order valence-electron chi connectivity index (χ0n) is 24.8. The maximum absolute atomic E-state index is 14.5. The first kappa shape index (κ1) is 29.2. The third kappa shape index (κ3) is 5.70. The van der Waals surface area contributed by atoms with Crippen molar-refractivity contribution >= 4 is 29.1 Å². The monoisotopic (exact) mass is 586 g/mol. The van der Waals surface area contributed by atoms with Crippen LogP contribution in [0.4, 0.5) is 11.4 Å². The molecule has 0 saturated carbocycles. The number of nitrogens with one attached hydrogen (secondary N) is 1. The van der Waals surface area contributed by atoms with Crippen molar-refractivity contribution in [2.24, 2.45) is 0 Å². The summed E-state index contributed by atoms with van der Waals surface area (Å²) < 4.78 is 0. The molecule has 0 spiro atoms. The number of nitrogen functional groups attached to an aromatic ring is 1. The Morgan fingerprint density at radius 1 is 0.682 bits per heavy atom. The van der Waals surface area contributed by atoms with Crippen molar-refractivity contribution in [3.05, 3.63) is 132 Å². The van der Waals surface area contributed by atoms with Crippen molar-refractivity contribution in [3.8, 4) is 0 Å². The van der Waals surface area contributed by atoms with E-state index in [1.54, 1.807) is 34.1 Å². The number of carbonyl (C=O) groups is 3. The first-order valence-corrected chi connectivity index (χ1v) is 15.4. The summed E-state index contributed by atoms with van der Waals surface area (Å²) in [6, 6.07) is 36.3. The summed E-state index contributed by atoms with van der Waals surface area (Å²) in [7, 11) is 0. The fourth-order valence-electron chi connectivity index (χ4n) is 6.96. The van der Waals surface area contributed by atoms with Crippen LogP contribution in [0.1, 0.15) is 48.8 Å². The van der Waals surface area contributed by atoms with Crippen LogP contribution < -0.4 is 11.1 Å². The molecule has 0 aliphatic carbocycles. The molecule has 0 aromatic heterocycles. The molecule has 3 N–H and O–H groups in total. The fourth-order valence-corrected chi connectivity index (χ4v) is 6.96. The third-order valence-corrected chi connectivity index (χ3v) is 9.07. The van der Waals surface area contributed by atoms with Gasteiger partial charge in [0.1, 0.15) is 12.1 Å². The molecule has 0 unspecified atom stereocenters. The van der Waals surface area contributed by atoms with Gasteiger partial charge in [0.2, 0.25) is 17.7 Å². The van der Waals surface area contributed by atoms with Crippen LogP contribution in [0.5, 0.6) is 0 Å². The molecule has 0 radical (unpaired) electrons. The summed E-state index contributed by atoms with van der Waals surface area (Å²) in [4.78, 5) is 45.3. The second-order valence-electron chi connectivity index (χ2n) is 11.7. The number of nitrogens with zero attached hydrogens (tertiary/aromatic N) is 2. The van der Waals surface area contributed by atoms with E-state index in [9.17, 15) is 14.4 Å². The van der Waals surface area contributed by atoms with Crippen LogP contribution in [0.3, 0.4) is 0 Å². The van der Waals surface area contributed by atoms with E-state index in [4.69, 9.17) is 5.73 Å². The second-order valence-corrected chi connectivity index (χ2v) is 11.7. The normalized spacial score (nSPS) is 18.3. The van der Waals surface area contributed by atoms with Crippen LogP contribution in [0.25, 0.3) is 0 Å². The lowest BCUT2D eigenvalue weighted by Gasteiger charge is -2.38. The van der Waals surface area contributed by atoms with Crippen LogP contribution in [-0.2, 0) is 19.8 Å². The lowest BCUT2D eigenvalue weighted by molar-refractivity contribution is -0.146. The lowest BCUT2D eigenvalue weighted by Crippen LogP contribution is -2.52. The van der Waals surface area contributed by atoms with Gasteiger partial charge in [0, 0.05) is 30.9 Å². The molecule has 7 nitrogen and oxygen atoms in total. The maximum atomic E-state index is 14.5. The molecule has 224 valence electrons. The molecule has 7 heteroatoms. The van der Waals surface area contributed by atoms with Gasteiger partial charge in [-0.3, -0.25) is 14.4 Å². The van der Waals surface area contributed by atoms with Gasteiger partial charge in [0.25, 0.3) is 0 Å². The van der Waals surface area contributed by atoms with Crippen molar-refractivity contribution in [3.63, 3.8) is 0 Å². The van der Waals surface area contributed by atoms with Crippen LogP contribution in [0.15, 0.2) is 115 Å². The number of hydrogen-bond donors (Lipinski definition) is 2. The number of hydrogen-bond acceptors (Lipinski definition) is 4. The SMILES string of the molecule is Nc1cccc(NC(=O)[C@H]2CCCN2C(=O)[C@@H]2CCCN2C(=O)CC(c2ccccc2)(c2ccccc2)c2ccccc2)c1. The van der Waals surface area contributed by atoms with Crippen molar-refractivity contribution in [2.45, 2.75) is 49.6 Å². The van der Waals surface area contributed by atoms with E-state index < -0.39 is 17.5 Å². The minimum absolute atomic E-state index is 0.0719. The van der Waals surface area contributed by atoms with E-state index in [-0.39, 0.29) is 24.1 Å². The summed E-state index contributed by atoms with van der Waals surface area (Å²) in [5, 5.41) is 2.93. The van der Waals surface area contributed by atoms with E-state index in [0.717, 1.165) is 29.5 Å². The molecule has 2 atom stereocenters. The highest BCUT2D eigenvalue weighted by Crippen LogP contribution is 2.43. The predicted molar refractivity (Wildman–Crippen MR) is 173 cm³/mol. The van der Waals surface area contributed by atoms with E-state index in [0.29, 0.717) is 37.3 Å². The molecule has 3 amide bonds. The number of anilines is 2. The molecular weight excluding hydrogens is 548 g/mol. The van der Waals surface area contributed by atoms with Gasteiger partial charge >= 0.3 is 0 Å². The molecule has 2 heterocycles. The van der Waals surface area contributed by atoms with E-state index in [1.165, 1.54) is 0 Å². The lowest BCUT2D eigenvalue weighted by atomic mass is 9.67. The van der Waals surface area contributed by atoms with Crippen LogP contribution in [0, 0.1) is 0 Å². The fraction of sp³-hybridized carbons (Fsp3) is 0.270. The van der Waals surface area contributed by atoms with Gasteiger partial charge in [0.15, 0.2) is 0 Å². The smallest absolute Gasteiger partial charge is 0.247 e. The van der Waals surface area contributed by atoms with Gasteiger partial charge < -0.3 is 20.9 Å². The first-order valence-electron chi connectivity index (χ1n) is 15.4. The summed E-state index contributed by atoms with van der Waals surface area (Å²) in [6.07, 6.45) is 2.82. The van der Waals surface area contributed by atoms with Gasteiger partial charge in [-0.05, 0) is 60.6 Å². The zero-order valence-corrected chi connectivity index (χ0v) is 24.8. The predicted octanol–water partition coefficient (Wildman–Crippen LogP) is 5.61. The van der Waals surface area contributed by atoms with Crippen LogP contribution in [0.2, 0.25) is 0 Å². The van der Waals surface area contributed by atoms with Crippen LogP contribution in [-0.4, -0.2) is 52.7 Å². The Balaban J connectivity index is 1.28. The molecule has 4 aromatic carbocycles. The Labute approximate surface area is 258 Å². The Morgan fingerprint density at radius 3 is 1.75 bits per heavy atom. The average Bonchev–Trinajstić information content (AvgIpc) is 3.76. The summed E-state index contributed by atoms with van der Waals surface area (Å²) in [5.41, 5.74) is 9.36. The zero-order chi connectivity index (χ0) is 30.5. The van der Waals surface area contributed by atoms with Gasteiger partial charge in [-0.15, -0.1) is 0 Å². The largest absolute Gasteiger partial charge is 0.399 e. The van der Waals surface area contributed by atoms with Crippen molar-refractivity contribution in [1.29, 1.82) is 0 Å². The highest BCUT2D eigenvalue weighted by Gasteiger charge is 2.45. The van der Waals surface area contributed by atoms with Crippen molar-refractivity contribution in [1.82, 2.24) is 9.80 Å². The number of benzene rings is 4. The maximum Gasteiger partial charge on any atom is 0.247 e. The van der Waals surface area contributed by atoms with Gasteiger partial charge in [-0.2, -0.15) is 0 Å². The number of carbonyl (C=O) groups excluding carboxylic acids is 3. The van der Waals surface area contributed by atoms with Gasteiger partial charge in [0.05, 0.1) is 5.41 Å². The molecule has 4 aromatic rings. The highest BCUT2D eigenvalue weighted by atomic mass is 16.2. The molecule has 2 aliphatic heterocycles. The van der Waals surface area contributed by atoms with E-state index in [1.807, 2.05) is 54.6 Å². The summed E-state index contributed by atoms with van der Waals surface area (Å²) in [6.45, 7) is 1.01. The van der Waals surface area contributed by atoms with Crippen molar-refractivity contribution in [2.75, 3.05) is 24.1 Å². The minimum atomic E-state index is -0.745. The number of likely N-dealkylation sites (tertiary alicyclic amines) is 2. The Morgan fingerprint density at radius 2 is 1.20 bits per heavy atom. The summed E-state index contributed by atoms with van der Waals surface area (Å²) in [5.74, 6) is -0.447. The van der Waals surface area contributed by atoms with E-state index in [2.05, 4.69) is 41.7 Å². The molecule has 44 heavy (non-hydrogen) atoms. The standard InChI is InChI=1S/C37H38N4O3/c38-30-19-10-20-31(25-30)39-35(43)32-21-11-24-41(32)36(44)33-22-12-23-40(33)34(42)26-37(27-13-4-1-5-14-27,28-15-6-2-7-16-28)29-17-8-3-9-18-29/h1-10,13-20,25,32-33H,11-12,21-24,26,38H2,(H,39,43)/t32-,33+/m1/s1. The molecule has 2 fully saturated rings. The first-order chi connectivity index (χ1) is 21.5. The number of rotatable bonds is 8. The minimum Gasteiger partial charge on any atom is -0.399 e. The number of nitrogens with two attached hydrogens (primary N) is 1. The molecule has 0 bridgehead atoms. The molecule has 2 saturated heterocycles. The third-order valence-electron chi connectivity index (χ3n) is 9.07. The Hall–Kier alpha value is -4.91. The summed E-state index contributed by atoms with van der Waals surface area (Å²) >= 11 is 0. The molecular formula is C37H38N4O3. The Kier molecular flexibility index (Phi) is 8.46. The topological polar surface area (TPSA) is 95.7 Å².